The summed E-state index contributed by atoms with van der Waals surface area (Å²) < 4.78 is 5.29. The minimum absolute atomic E-state index is 0. The molecule has 2 aromatic rings. The van der Waals surface area contributed by atoms with Gasteiger partial charge >= 0.3 is 0 Å². The van der Waals surface area contributed by atoms with E-state index in [2.05, 4.69) is 47.7 Å². The number of hydrogen-bond donors (Lipinski definition) is 3. The van der Waals surface area contributed by atoms with Gasteiger partial charge in [0.15, 0.2) is 5.96 Å². The zero-order valence-electron chi connectivity index (χ0n) is 16.0. The largest absolute Gasteiger partial charge is 0.466 e. The number of rotatable bonds is 7. The van der Waals surface area contributed by atoms with Crippen LogP contribution < -0.4 is 10.6 Å². The predicted molar refractivity (Wildman–Crippen MR) is 117 cm³/mol. The summed E-state index contributed by atoms with van der Waals surface area (Å²) >= 11 is 0. The Hall–Kier alpha value is -1.54. The Labute approximate surface area is 173 Å². The minimum atomic E-state index is -1.13. The van der Waals surface area contributed by atoms with Crippen LogP contribution in [0.3, 0.4) is 0 Å². The normalized spacial score (nSPS) is 13.7. The first-order valence-electron chi connectivity index (χ1n) is 8.76. The maximum absolute atomic E-state index is 10.5. The van der Waals surface area contributed by atoms with Crippen molar-refractivity contribution in [2.24, 2.45) is 4.99 Å². The highest BCUT2D eigenvalue weighted by atomic mass is 127. The Balaban J connectivity index is 0.00000338. The average Bonchev–Trinajstić information content (AvgIpc) is 3.07. The summed E-state index contributed by atoms with van der Waals surface area (Å²) in [5.74, 6) is 1.21. The Bertz CT molecular complexity index is 677. The number of guanidine groups is 1. The fraction of sp³-hybridized carbons (Fsp3) is 0.450. The smallest absolute Gasteiger partial charge is 0.191 e. The van der Waals surface area contributed by atoms with Crippen molar-refractivity contribution in [3.05, 3.63) is 59.0 Å². The van der Waals surface area contributed by atoms with Gasteiger partial charge in [-0.1, -0.05) is 29.3 Å². The van der Waals surface area contributed by atoms with Crippen LogP contribution in [0.2, 0.25) is 0 Å². The lowest BCUT2D eigenvalue weighted by Gasteiger charge is -2.19. The van der Waals surface area contributed by atoms with Crippen LogP contribution in [0.15, 0.2) is 46.0 Å². The van der Waals surface area contributed by atoms with Crippen LogP contribution in [0, 0.1) is 13.8 Å². The molecular formula is C20H30IN3O2. The van der Waals surface area contributed by atoms with E-state index in [9.17, 15) is 5.11 Å². The summed E-state index contributed by atoms with van der Waals surface area (Å²) in [6.07, 6.45) is 2.47. The summed E-state index contributed by atoms with van der Waals surface area (Å²) in [4.78, 5) is 4.49. The molecule has 0 bridgehead atoms. The molecule has 0 amide bonds. The SMILES string of the molecule is CCNC(=NCC(C)(O)c1ccco1)NCCc1cc(C)cc(C)c1.I. The molecule has 0 saturated heterocycles. The maximum Gasteiger partial charge on any atom is 0.191 e. The summed E-state index contributed by atoms with van der Waals surface area (Å²) in [6, 6.07) is 10.1. The van der Waals surface area contributed by atoms with Gasteiger partial charge in [-0.2, -0.15) is 0 Å². The molecule has 3 N–H and O–H groups in total. The van der Waals surface area contributed by atoms with E-state index in [1.165, 1.54) is 16.7 Å². The summed E-state index contributed by atoms with van der Waals surface area (Å²) in [5, 5.41) is 17.0. The van der Waals surface area contributed by atoms with Crippen LogP contribution in [0.4, 0.5) is 0 Å². The van der Waals surface area contributed by atoms with Gasteiger partial charge in [0.25, 0.3) is 0 Å². The van der Waals surface area contributed by atoms with E-state index in [0.717, 1.165) is 19.5 Å². The molecule has 2 rings (SSSR count). The van der Waals surface area contributed by atoms with Crippen LogP contribution in [-0.2, 0) is 12.0 Å². The molecule has 0 fully saturated rings. The zero-order chi connectivity index (χ0) is 18.3. The van der Waals surface area contributed by atoms with Crippen LogP contribution >= 0.6 is 24.0 Å². The summed E-state index contributed by atoms with van der Waals surface area (Å²) in [7, 11) is 0. The maximum atomic E-state index is 10.5. The van der Waals surface area contributed by atoms with Gasteiger partial charge in [0.1, 0.15) is 11.4 Å². The lowest BCUT2D eigenvalue weighted by atomic mass is 10.0. The highest BCUT2D eigenvalue weighted by Gasteiger charge is 2.25. The fourth-order valence-corrected chi connectivity index (χ4v) is 2.78. The summed E-state index contributed by atoms with van der Waals surface area (Å²) in [5.41, 5.74) is 2.75. The van der Waals surface area contributed by atoms with E-state index in [0.29, 0.717) is 11.7 Å². The number of benzene rings is 1. The van der Waals surface area contributed by atoms with E-state index in [1.54, 1.807) is 25.3 Å². The van der Waals surface area contributed by atoms with E-state index >= 15 is 0 Å². The third kappa shape index (κ3) is 6.99. The molecule has 1 atom stereocenters. The molecule has 6 heteroatoms. The van der Waals surface area contributed by atoms with Crippen molar-refractivity contribution in [2.75, 3.05) is 19.6 Å². The Morgan fingerprint density at radius 3 is 2.46 bits per heavy atom. The quantitative estimate of drug-likeness (QED) is 0.329. The Morgan fingerprint density at radius 1 is 1.19 bits per heavy atom. The second kappa shape index (κ2) is 10.6. The van der Waals surface area contributed by atoms with Gasteiger partial charge in [0.05, 0.1) is 12.8 Å². The molecule has 1 heterocycles. The number of hydrogen-bond acceptors (Lipinski definition) is 3. The molecule has 26 heavy (non-hydrogen) atoms. The van der Waals surface area contributed by atoms with Gasteiger partial charge < -0.3 is 20.2 Å². The standard InChI is InChI=1S/C20H29N3O2.HI/c1-5-21-19(23-14-20(4,24)18-7-6-10-25-18)22-9-8-17-12-15(2)11-16(3)13-17;/h6-7,10-13,24H,5,8-9,14H2,1-4H3,(H2,21,22,23);1H. The molecule has 0 aliphatic rings. The molecule has 0 saturated carbocycles. The van der Waals surface area contributed by atoms with Gasteiger partial charge in [-0.25, -0.2) is 4.99 Å². The highest BCUT2D eigenvalue weighted by Crippen LogP contribution is 2.21. The van der Waals surface area contributed by atoms with Gasteiger partial charge in [0.2, 0.25) is 0 Å². The van der Waals surface area contributed by atoms with Crippen molar-refractivity contribution in [2.45, 2.75) is 39.7 Å². The van der Waals surface area contributed by atoms with Crippen molar-refractivity contribution in [1.82, 2.24) is 10.6 Å². The number of aliphatic hydroxyl groups is 1. The van der Waals surface area contributed by atoms with Crippen LogP contribution in [0.5, 0.6) is 0 Å². The van der Waals surface area contributed by atoms with E-state index < -0.39 is 5.60 Å². The van der Waals surface area contributed by atoms with Crippen LogP contribution in [-0.4, -0.2) is 30.7 Å². The fourth-order valence-electron chi connectivity index (χ4n) is 2.78. The molecule has 0 radical (unpaired) electrons. The number of furan rings is 1. The highest BCUT2D eigenvalue weighted by molar-refractivity contribution is 14.0. The van der Waals surface area contributed by atoms with Crippen molar-refractivity contribution in [3.8, 4) is 0 Å². The third-order valence-corrected chi connectivity index (χ3v) is 3.93. The number of aryl methyl sites for hydroxylation is 2. The molecule has 1 unspecified atom stereocenters. The van der Waals surface area contributed by atoms with E-state index in [1.807, 2.05) is 6.92 Å². The molecule has 0 spiro atoms. The molecule has 0 aliphatic carbocycles. The number of nitrogens with zero attached hydrogens (tertiary/aromatic N) is 1. The van der Waals surface area contributed by atoms with Crippen molar-refractivity contribution >= 4 is 29.9 Å². The molecule has 144 valence electrons. The number of halogens is 1. The first-order valence-corrected chi connectivity index (χ1v) is 8.76. The van der Waals surface area contributed by atoms with E-state index in [-0.39, 0.29) is 30.5 Å². The van der Waals surface area contributed by atoms with Gasteiger partial charge in [-0.3, -0.25) is 0 Å². The molecule has 0 aliphatic heterocycles. The second-order valence-electron chi connectivity index (χ2n) is 6.62. The predicted octanol–water partition coefficient (Wildman–Crippen LogP) is 3.52. The molecule has 1 aromatic carbocycles. The van der Waals surface area contributed by atoms with Gasteiger partial charge in [-0.15, -0.1) is 24.0 Å². The molecular weight excluding hydrogens is 441 g/mol. The first kappa shape index (κ1) is 22.5. The minimum Gasteiger partial charge on any atom is -0.466 e. The van der Waals surface area contributed by atoms with Crippen LogP contribution in [0.1, 0.15) is 36.3 Å². The average molecular weight is 471 g/mol. The zero-order valence-corrected chi connectivity index (χ0v) is 18.3. The molecule has 1 aromatic heterocycles. The molecule has 5 nitrogen and oxygen atoms in total. The lowest BCUT2D eigenvalue weighted by Crippen LogP contribution is -2.39. The lowest BCUT2D eigenvalue weighted by molar-refractivity contribution is 0.0437. The first-order chi connectivity index (χ1) is 11.9. The monoisotopic (exact) mass is 471 g/mol. The van der Waals surface area contributed by atoms with Crippen molar-refractivity contribution in [3.63, 3.8) is 0 Å². The second-order valence-corrected chi connectivity index (χ2v) is 6.62. The van der Waals surface area contributed by atoms with Crippen LogP contribution in [0.25, 0.3) is 0 Å². The van der Waals surface area contributed by atoms with Crippen molar-refractivity contribution in [1.29, 1.82) is 0 Å². The van der Waals surface area contributed by atoms with Gasteiger partial charge in [-0.05, 0) is 51.8 Å². The number of nitrogens with one attached hydrogen (secondary N) is 2. The van der Waals surface area contributed by atoms with E-state index in [4.69, 9.17) is 4.42 Å². The Kier molecular flexibility index (Phi) is 9.15. The van der Waals surface area contributed by atoms with Crippen molar-refractivity contribution < 1.29 is 9.52 Å². The summed E-state index contributed by atoms with van der Waals surface area (Å²) in [6.45, 7) is 9.72. The number of aliphatic imine (C=N–C) groups is 1. The Morgan fingerprint density at radius 2 is 1.88 bits per heavy atom. The third-order valence-electron chi connectivity index (χ3n) is 3.93. The van der Waals surface area contributed by atoms with Gasteiger partial charge in [0, 0.05) is 13.1 Å². The topological polar surface area (TPSA) is 69.8 Å².